The fraction of sp³-hybridized carbons (Fsp3) is 0.524. The van der Waals surface area contributed by atoms with Gasteiger partial charge < -0.3 is 15.0 Å². The van der Waals surface area contributed by atoms with Crippen LogP contribution in [0.4, 0.5) is 29.2 Å². The number of nitrogens with one attached hydrogen (secondary N) is 1. The largest absolute Gasteiger partial charge is 0.416 e. The van der Waals surface area contributed by atoms with Crippen molar-refractivity contribution in [3.63, 3.8) is 0 Å². The lowest BCUT2D eigenvalue weighted by atomic mass is 10.0. The fourth-order valence-corrected chi connectivity index (χ4v) is 5.14. The summed E-state index contributed by atoms with van der Waals surface area (Å²) < 4.78 is 84.4. The van der Waals surface area contributed by atoms with E-state index < -0.39 is 33.6 Å². The average molecular weight is 504 g/mol. The predicted molar refractivity (Wildman–Crippen MR) is 117 cm³/mol. The van der Waals surface area contributed by atoms with Gasteiger partial charge in [-0.05, 0) is 30.0 Å². The summed E-state index contributed by atoms with van der Waals surface area (Å²) in [4.78, 5) is 9.74. The number of rotatable bonds is 6. The summed E-state index contributed by atoms with van der Waals surface area (Å²) in [6.07, 6.45) is -1.41. The van der Waals surface area contributed by atoms with E-state index in [4.69, 9.17) is 4.74 Å². The van der Waals surface area contributed by atoms with Gasteiger partial charge in [0.1, 0.15) is 6.33 Å². The number of halogens is 4. The molecule has 3 heterocycles. The lowest BCUT2D eigenvalue weighted by Gasteiger charge is -2.37. The third-order valence-corrected chi connectivity index (χ3v) is 7.34. The van der Waals surface area contributed by atoms with Crippen LogP contribution in [-0.4, -0.2) is 68.3 Å². The maximum Gasteiger partial charge on any atom is 0.416 e. The van der Waals surface area contributed by atoms with Crippen molar-refractivity contribution in [1.82, 2.24) is 14.3 Å². The van der Waals surface area contributed by atoms with Crippen LogP contribution in [0.5, 0.6) is 0 Å². The number of ether oxygens (including phenoxy) is 1. The number of anilines is 2. The van der Waals surface area contributed by atoms with Gasteiger partial charge in [-0.25, -0.2) is 22.7 Å². The van der Waals surface area contributed by atoms with Crippen molar-refractivity contribution in [1.29, 1.82) is 0 Å². The van der Waals surface area contributed by atoms with Crippen molar-refractivity contribution >= 4 is 21.7 Å². The minimum atomic E-state index is -4.45. The molecule has 186 valence electrons. The molecule has 13 heteroatoms. The molecule has 0 saturated carbocycles. The first-order chi connectivity index (χ1) is 16.0. The molecule has 0 radical (unpaired) electrons. The molecule has 2 aliphatic heterocycles. The predicted octanol–water partition coefficient (Wildman–Crippen LogP) is 2.91. The Morgan fingerprint density at radius 1 is 1.18 bits per heavy atom. The fourth-order valence-electron chi connectivity index (χ4n) is 4.22. The van der Waals surface area contributed by atoms with Gasteiger partial charge in [0.2, 0.25) is 15.8 Å². The van der Waals surface area contributed by atoms with Crippen LogP contribution in [0, 0.1) is 11.7 Å². The Balaban J connectivity index is 1.50. The Labute approximate surface area is 195 Å². The number of aromatic nitrogens is 2. The van der Waals surface area contributed by atoms with E-state index >= 15 is 4.39 Å². The molecular weight excluding hydrogens is 478 g/mol. The van der Waals surface area contributed by atoms with Crippen LogP contribution in [0.25, 0.3) is 0 Å². The highest BCUT2D eigenvalue weighted by Gasteiger charge is 2.33. The summed E-state index contributed by atoms with van der Waals surface area (Å²) in [6, 6.07) is 4.19. The molecule has 8 nitrogen and oxygen atoms in total. The van der Waals surface area contributed by atoms with Crippen molar-refractivity contribution in [2.45, 2.75) is 18.6 Å². The van der Waals surface area contributed by atoms with Crippen molar-refractivity contribution in [2.24, 2.45) is 5.92 Å². The van der Waals surface area contributed by atoms with Crippen molar-refractivity contribution in [3.05, 3.63) is 47.5 Å². The van der Waals surface area contributed by atoms with Crippen LogP contribution in [0.2, 0.25) is 0 Å². The van der Waals surface area contributed by atoms with Gasteiger partial charge >= 0.3 is 6.18 Å². The minimum Gasteiger partial charge on any atom is -0.377 e. The van der Waals surface area contributed by atoms with Gasteiger partial charge in [0.15, 0.2) is 11.6 Å². The highest BCUT2D eigenvalue weighted by molar-refractivity contribution is 7.88. The Kier molecular flexibility index (Phi) is 6.97. The van der Waals surface area contributed by atoms with E-state index in [-0.39, 0.29) is 24.2 Å². The van der Waals surface area contributed by atoms with Gasteiger partial charge in [-0.1, -0.05) is 12.1 Å². The molecule has 2 aliphatic rings. The molecule has 2 atom stereocenters. The zero-order valence-electron chi connectivity index (χ0n) is 18.4. The Bertz CT molecular complexity index is 1110. The van der Waals surface area contributed by atoms with Gasteiger partial charge in [-0.15, -0.1) is 0 Å². The molecule has 2 aromatic rings. The number of morpholine rings is 1. The zero-order valence-corrected chi connectivity index (χ0v) is 19.2. The molecular formula is C21H25F4N5O3S. The third-order valence-electron chi connectivity index (χ3n) is 6.07. The van der Waals surface area contributed by atoms with E-state index in [1.54, 1.807) is 4.90 Å². The second kappa shape index (κ2) is 9.62. The van der Waals surface area contributed by atoms with Gasteiger partial charge in [0.25, 0.3) is 0 Å². The topological polar surface area (TPSA) is 87.7 Å². The van der Waals surface area contributed by atoms with Crippen LogP contribution < -0.4 is 10.2 Å². The van der Waals surface area contributed by atoms with Crippen LogP contribution in [0.15, 0.2) is 30.6 Å². The highest BCUT2D eigenvalue weighted by atomic mass is 32.2. The summed E-state index contributed by atoms with van der Waals surface area (Å²) in [5.41, 5.74) is -0.215. The maximum atomic E-state index is 15.4. The SMILES string of the molecule is CS(=O)(=O)N1CCC(CNc2ncnc(N3CCOC[C@@H]3c3ccc(C(F)(F)F)cc3)c2F)C1. The summed E-state index contributed by atoms with van der Waals surface area (Å²) in [6.45, 7) is 1.89. The third kappa shape index (κ3) is 5.41. The molecule has 1 aromatic carbocycles. The second-order valence-electron chi connectivity index (χ2n) is 8.42. The number of nitrogens with zero attached hydrogens (tertiary/aromatic N) is 4. The summed E-state index contributed by atoms with van der Waals surface area (Å²) in [5, 5.41) is 2.95. The van der Waals surface area contributed by atoms with E-state index in [2.05, 4.69) is 15.3 Å². The lowest BCUT2D eigenvalue weighted by molar-refractivity contribution is -0.137. The monoisotopic (exact) mass is 503 g/mol. The zero-order chi connectivity index (χ0) is 24.5. The van der Waals surface area contributed by atoms with Gasteiger partial charge in [0.05, 0.1) is 31.1 Å². The number of hydrogen-bond donors (Lipinski definition) is 1. The molecule has 2 saturated heterocycles. The van der Waals surface area contributed by atoms with Crippen LogP contribution in [-0.2, 0) is 20.9 Å². The summed E-state index contributed by atoms with van der Waals surface area (Å²) >= 11 is 0. The first-order valence-corrected chi connectivity index (χ1v) is 12.6. The van der Waals surface area contributed by atoms with E-state index in [0.717, 1.165) is 18.4 Å². The molecule has 0 bridgehead atoms. The van der Waals surface area contributed by atoms with E-state index in [1.807, 2.05) is 0 Å². The summed E-state index contributed by atoms with van der Waals surface area (Å²) in [5.74, 6) is -0.662. The van der Waals surface area contributed by atoms with Crippen molar-refractivity contribution < 1.29 is 30.7 Å². The van der Waals surface area contributed by atoms with Crippen molar-refractivity contribution in [3.8, 4) is 0 Å². The minimum absolute atomic E-state index is 0.0100. The summed E-state index contributed by atoms with van der Waals surface area (Å²) in [7, 11) is -3.27. The molecule has 4 rings (SSSR count). The molecule has 2 fully saturated rings. The molecule has 0 amide bonds. The lowest BCUT2D eigenvalue weighted by Crippen LogP contribution is -2.40. The Morgan fingerprint density at radius 3 is 2.56 bits per heavy atom. The molecule has 34 heavy (non-hydrogen) atoms. The molecule has 1 aromatic heterocycles. The molecule has 1 unspecified atom stereocenters. The number of benzene rings is 1. The Hall–Kier alpha value is -2.51. The molecule has 1 N–H and O–H groups in total. The van der Waals surface area contributed by atoms with Gasteiger partial charge in [-0.2, -0.15) is 17.6 Å². The van der Waals surface area contributed by atoms with Crippen molar-refractivity contribution in [2.75, 3.05) is 55.9 Å². The number of hydrogen-bond acceptors (Lipinski definition) is 7. The highest BCUT2D eigenvalue weighted by Crippen LogP contribution is 2.34. The second-order valence-corrected chi connectivity index (χ2v) is 10.4. The van der Waals surface area contributed by atoms with Crippen LogP contribution in [0.1, 0.15) is 23.6 Å². The number of alkyl halides is 3. The van der Waals surface area contributed by atoms with Gasteiger partial charge in [-0.3, -0.25) is 0 Å². The Morgan fingerprint density at radius 2 is 1.91 bits per heavy atom. The van der Waals surface area contributed by atoms with Gasteiger partial charge in [0, 0.05) is 26.2 Å². The molecule has 0 aliphatic carbocycles. The number of sulfonamides is 1. The normalized spacial score (nSPS) is 22.2. The van der Waals surface area contributed by atoms with E-state index in [9.17, 15) is 21.6 Å². The average Bonchev–Trinajstić information content (AvgIpc) is 3.28. The van der Waals surface area contributed by atoms with E-state index in [1.165, 1.54) is 22.8 Å². The first-order valence-electron chi connectivity index (χ1n) is 10.7. The quantitative estimate of drug-likeness (QED) is 0.607. The first kappa shape index (κ1) is 24.6. The maximum absolute atomic E-state index is 15.4. The standard InChI is InChI=1S/C21H25F4N5O3S/c1-34(31,32)29-7-6-14(11-29)10-26-19-18(22)20(28-13-27-19)30-8-9-33-12-17(30)15-2-4-16(5-3-15)21(23,24)25/h2-5,13-14,17H,6-12H2,1H3,(H,26,27,28)/t14?,17-/m1/s1. The van der Waals surface area contributed by atoms with Crippen LogP contribution in [0.3, 0.4) is 0 Å². The van der Waals surface area contributed by atoms with E-state index in [0.29, 0.717) is 44.8 Å². The smallest absolute Gasteiger partial charge is 0.377 e. The molecule has 0 spiro atoms. The van der Waals surface area contributed by atoms with Crippen LogP contribution >= 0.6 is 0 Å².